The fourth-order valence-electron chi connectivity index (χ4n) is 2.61. The maximum atomic E-state index is 11.0. The Hall–Kier alpha value is -1.92. The van der Waals surface area contributed by atoms with Crippen LogP contribution in [-0.4, -0.2) is 28.6 Å². The molecule has 0 radical (unpaired) electrons. The maximum absolute atomic E-state index is 11.0. The molecule has 1 atom stereocenters. The van der Waals surface area contributed by atoms with Gasteiger partial charge in [0.1, 0.15) is 0 Å². The van der Waals surface area contributed by atoms with Gasteiger partial charge in [-0.1, -0.05) is 6.07 Å². The van der Waals surface area contributed by atoms with E-state index in [0.717, 1.165) is 29.8 Å². The fourth-order valence-corrected chi connectivity index (χ4v) is 3.25. The van der Waals surface area contributed by atoms with Gasteiger partial charge in [0.05, 0.1) is 12.7 Å². The Labute approximate surface area is 126 Å². The van der Waals surface area contributed by atoms with E-state index >= 15 is 0 Å². The highest BCUT2D eigenvalue weighted by Crippen LogP contribution is 2.24. The number of carboxylic acid groups (broad SMARTS) is 1. The third-order valence-electron chi connectivity index (χ3n) is 3.70. The molecule has 1 aromatic heterocycles. The van der Waals surface area contributed by atoms with E-state index in [2.05, 4.69) is 9.69 Å². The Kier molecular flexibility index (Phi) is 3.90. The number of ether oxygens (including phenoxy) is 1. The van der Waals surface area contributed by atoms with Crippen molar-refractivity contribution in [2.24, 2.45) is 0 Å². The first kappa shape index (κ1) is 14.0. The summed E-state index contributed by atoms with van der Waals surface area (Å²) in [5.74, 6) is -0.219. The first-order valence-corrected chi connectivity index (χ1v) is 7.51. The van der Waals surface area contributed by atoms with Gasteiger partial charge in [0.2, 0.25) is 5.88 Å². The Bertz CT molecular complexity index is 669. The number of hydrogen-bond acceptors (Lipinski definition) is 5. The molecule has 21 heavy (non-hydrogen) atoms. The monoisotopic (exact) mass is 304 g/mol. The van der Waals surface area contributed by atoms with Crippen molar-refractivity contribution >= 4 is 17.5 Å². The molecular formula is C15H16N2O3S. The lowest BCUT2D eigenvalue weighted by Gasteiger charge is -2.10. The highest BCUT2D eigenvalue weighted by atomic mass is 32.1. The summed E-state index contributed by atoms with van der Waals surface area (Å²) in [6, 6.07) is 7.67. The Morgan fingerprint density at radius 2 is 2.24 bits per heavy atom. The molecule has 6 heteroatoms. The molecule has 5 nitrogen and oxygen atoms in total. The van der Waals surface area contributed by atoms with Gasteiger partial charge in [0, 0.05) is 23.5 Å². The van der Waals surface area contributed by atoms with Gasteiger partial charge in [-0.25, -0.2) is 4.79 Å². The molecule has 1 aliphatic rings. The SMILES string of the molecule is COc1cc(CNC2Cc3ccc(C(=O)O)cc3C2)sn1. The molecule has 2 aromatic rings. The van der Waals surface area contributed by atoms with Crippen LogP contribution in [0.25, 0.3) is 0 Å². The minimum Gasteiger partial charge on any atom is -0.480 e. The number of aromatic carboxylic acids is 1. The van der Waals surface area contributed by atoms with Crippen molar-refractivity contribution < 1.29 is 14.6 Å². The third-order valence-corrected chi connectivity index (χ3v) is 4.47. The molecule has 1 aromatic carbocycles. The van der Waals surface area contributed by atoms with Crippen molar-refractivity contribution in [1.82, 2.24) is 9.69 Å². The van der Waals surface area contributed by atoms with E-state index in [9.17, 15) is 4.79 Å². The number of nitrogens with zero attached hydrogens (tertiary/aromatic N) is 1. The van der Waals surface area contributed by atoms with Crippen molar-refractivity contribution in [1.29, 1.82) is 0 Å². The summed E-state index contributed by atoms with van der Waals surface area (Å²) in [6.07, 6.45) is 1.80. The lowest BCUT2D eigenvalue weighted by molar-refractivity contribution is 0.0697. The van der Waals surface area contributed by atoms with Crippen LogP contribution in [0.5, 0.6) is 5.88 Å². The molecule has 0 amide bonds. The van der Waals surface area contributed by atoms with Gasteiger partial charge in [0.25, 0.3) is 0 Å². The quantitative estimate of drug-likeness (QED) is 0.885. The smallest absolute Gasteiger partial charge is 0.335 e. The zero-order valence-electron chi connectivity index (χ0n) is 11.6. The number of rotatable bonds is 5. The van der Waals surface area contributed by atoms with Crippen molar-refractivity contribution in [3.05, 3.63) is 45.8 Å². The van der Waals surface area contributed by atoms with Crippen LogP contribution >= 0.6 is 11.5 Å². The van der Waals surface area contributed by atoms with Gasteiger partial charge in [-0.05, 0) is 47.6 Å². The van der Waals surface area contributed by atoms with E-state index in [4.69, 9.17) is 9.84 Å². The van der Waals surface area contributed by atoms with Crippen LogP contribution in [0.15, 0.2) is 24.3 Å². The molecule has 0 spiro atoms. The topological polar surface area (TPSA) is 71.5 Å². The van der Waals surface area contributed by atoms with E-state index in [1.807, 2.05) is 12.1 Å². The highest BCUT2D eigenvalue weighted by Gasteiger charge is 2.22. The normalized spacial score (nSPS) is 16.7. The second-order valence-corrected chi connectivity index (χ2v) is 6.00. The van der Waals surface area contributed by atoms with Crippen LogP contribution in [0.2, 0.25) is 0 Å². The van der Waals surface area contributed by atoms with Crippen LogP contribution in [0.3, 0.4) is 0 Å². The van der Waals surface area contributed by atoms with Gasteiger partial charge in [-0.3, -0.25) is 0 Å². The van der Waals surface area contributed by atoms with E-state index in [-0.39, 0.29) is 0 Å². The number of aromatic nitrogens is 1. The largest absolute Gasteiger partial charge is 0.480 e. The summed E-state index contributed by atoms with van der Waals surface area (Å²) in [7, 11) is 1.61. The molecule has 0 saturated heterocycles. The molecule has 0 fully saturated rings. The average molecular weight is 304 g/mol. The second kappa shape index (κ2) is 5.83. The molecule has 110 valence electrons. The number of carbonyl (C=O) groups is 1. The van der Waals surface area contributed by atoms with Gasteiger partial charge in [0.15, 0.2) is 0 Å². The summed E-state index contributed by atoms with van der Waals surface area (Å²) < 4.78 is 9.23. The molecule has 2 N–H and O–H groups in total. The number of methoxy groups -OCH3 is 1. The molecule has 1 heterocycles. The van der Waals surface area contributed by atoms with Crippen LogP contribution in [-0.2, 0) is 19.4 Å². The summed E-state index contributed by atoms with van der Waals surface area (Å²) in [6.45, 7) is 0.755. The summed E-state index contributed by atoms with van der Waals surface area (Å²) in [5, 5.41) is 12.5. The minimum absolute atomic E-state index is 0.345. The van der Waals surface area contributed by atoms with Crippen LogP contribution in [0.1, 0.15) is 26.4 Å². The Balaban J connectivity index is 1.61. The molecule has 0 aliphatic heterocycles. The average Bonchev–Trinajstić information content (AvgIpc) is 3.10. The van der Waals surface area contributed by atoms with E-state index in [1.165, 1.54) is 17.1 Å². The summed E-state index contributed by atoms with van der Waals surface area (Å²) in [5.41, 5.74) is 2.73. The fraction of sp³-hybridized carbons (Fsp3) is 0.333. The van der Waals surface area contributed by atoms with E-state index in [0.29, 0.717) is 17.5 Å². The Morgan fingerprint density at radius 1 is 1.43 bits per heavy atom. The van der Waals surface area contributed by atoms with Gasteiger partial charge in [-0.15, -0.1) is 0 Å². The summed E-state index contributed by atoms with van der Waals surface area (Å²) in [4.78, 5) is 12.1. The molecule has 1 unspecified atom stereocenters. The molecule has 1 aliphatic carbocycles. The first-order valence-electron chi connectivity index (χ1n) is 6.74. The Morgan fingerprint density at radius 3 is 2.95 bits per heavy atom. The van der Waals surface area contributed by atoms with E-state index in [1.54, 1.807) is 19.2 Å². The molecule has 0 bridgehead atoms. The standard InChI is InChI=1S/C15H16N2O3S/c1-20-14-7-13(21-17-14)8-16-12-5-9-2-3-10(15(18)19)4-11(9)6-12/h2-4,7,12,16H,5-6,8H2,1H3,(H,18,19). The molecular weight excluding hydrogens is 288 g/mol. The number of carboxylic acids is 1. The molecule has 0 saturated carbocycles. The molecule has 3 rings (SSSR count). The lowest BCUT2D eigenvalue weighted by atomic mass is 10.1. The number of fused-ring (bicyclic) bond motifs is 1. The van der Waals surface area contributed by atoms with Crippen LogP contribution in [0, 0.1) is 0 Å². The van der Waals surface area contributed by atoms with Crippen molar-refractivity contribution in [3.8, 4) is 5.88 Å². The maximum Gasteiger partial charge on any atom is 0.335 e. The van der Waals surface area contributed by atoms with Gasteiger partial charge >= 0.3 is 5.97 Å². The number of hydrogen-bond donors (Lipinski definition) is 2. The van der Waals surface area contributed by atoms with Crippen molar-refractivity contribution in [3.63, 3.8) is 0 Å². The predicted octanol–water partition coefficient (Wildman–Crippen LogP) is 2.11. The van der Waals surface area contributed by atoms with Gasteiger partial charge < -0.3 is 15.2 Å². The van der Waals surface area contributed by atoms with Crippen LogP contribution in [0.4, 0.5) is 0 Å². The van der Waals surface area contributed by atoms with Crippen molar-refractivity contribution in [2.45, 2.75) is 25.4 Å². The highest BCUT2D eigenvalue weighted by molar-refractivity contribution is 7.05. The number of nitrogens with one attached hydrogen (secondary N) is 1. The van der Waals surface area contributed by atoms with Gasteiger partial charge in [-0.2, -0.15) is 4.37 Å². The second-order valence-electron chi connectivity index (χ2n) is 5.11. The van der Waals surface area contributed by atoms with Crippen molar-refractivity contribution in [2.75, 3.05) is 7.11 Å². The van der Waals surface area contributed by atoms with E-state index < -0.39 is 5.97 Å². The van der Waals surface area contributed by atoms with Crippen LogP contribution < -0.4 is 10.1 Å². The number of benzene rings is 1. The third kappa shape index (κ3) is 3.06. The lowest BCUT2D eigenvalue weighted by Crippen LogP contribution is -2.28. The zero-order valence-corrected chi connectivity index (χ0v) is 12.4. The summed E-state index contributed by atoms with van der Waals surface area (Å²) >= 11 is 1.43. The predicted molar refractivity (Wildman–Crippen MR) is 80.1 cm³/mol. The first-order chi connectivity index (χ1) is 10.2. The zero-order chi connectivity index (χ0) is 14.8. The minimum atomic E-state index is -0.869.